The van der Waals surface area contributed by atoms with E-state index in [1.165, 1.54) is 24.1 Å². The summed E-state index contributed by atoms with van der Waals surface area (Å²) in [6.07, 6.45) is 3.47. The standard InChI is InChI=1S/C17H27ClN2/c1-12(2)14-6-8-20(9-7-14)17-5-4-16(18)11-15(17)10-13(3)19/h4-5,11-14H,6-10,19H2,1-3H3. The van der Waals surface area contributed by atoms with Crippen LogP contribution in [-0.4, -0.2) is 19.1 Å². The van der Waals surface area contributed by atoms with Gasteiger partial charge in [0.2, 0.25) is 0 Å². The van der Waals surface area contributed by atoms with Crippen molar-refractivity contribution in [2.75, 3.05) is 18.0 Å². The minimum absolute atomic E-state index is 0.167. The van der Waals surface area contributed by atoms with Crippen LogP contribution in [0.15, 0.2) is 18.2 Å². The molecule has 1 aromatic carbocycles. The molecule has 1 unspecified atom stereocenters. The molecule has 0 bridgehead atoms. The second kappa shape index (κ2) is 6.82. The second-order valence-electron chi connectivity index (χ2n) is 6.52. The SMILES string of the molecule is CC(N)Cc1cc(Cl)ccc1N1CCC(C(C)C)CC1. The van der Waals surface area contributed by atoms with E-state index in [0.717, 1.165) is 36.4 Å². The molecule has 0 amide bonds. The fraction of sp³-hybridized carbons (Fsp3) is 0.647. The Hall–Kier alpha value is -0.730. The first kappa shape index (κ1) is 15.7. The Bertz CT molecular complexity index is 435. The fourth-order valence-corrected chi connectivity index (χ4v) is 3.37. The Morgan fingerprint density at radius 1 is 1.25 bits per heavy atom. The van der Waals surface area contributed by atoms with E-state index < -0.39 is 0 Å². The van der Waals surface area contributed by atoms with Crippen molar-refractivity contribution in [3.8, 4) is 0 Å². The third-order valence-corrected chi connectivity index (χ3v) is 4.64. The molecule has 1 aromatic rings. The molecular weight excluding hydrogens is 268 g/mol. The molecule has 3 heteroatoms. The molecule has 0 spiro atoms. The maximum atomic E-state index is 6.14. The lowest BCUT2D eigenvalue weighted by Gasteiger charge is -2.36. The average Bonchev–Trinajstić information content (AvgIpc) is 2.38. The summed E-state index contributed by atoms with van der Waals surface area (Å²) in [5.41, 5.74) is 8.59. The van der Waals surface area contributed by atoms with E-state index in [-0.39, 0.29) is 6.04 Å². The molecule has 1 aliphatic heterocycles. The molecule has 0 aliphatic carbocycles. The number of nitrogens with two attached hydrogens (primary N) is 1. The normalized spacial score (nSPS) is 18.6. The summed E-state index contributed by atoms with van der Waals surface area (Å²) in [5.74, 6) is 1.67. The zero-order chi connectivity index (χ0) is 14.7. The molecule has 0 radical (unpaired) electrons. The van der Waals surface area contributed by atoms with Crippen molar-refractivity contribution in [2.24, 2.45) is 17.6 Å². The summed E-state index contributed by atoms with van der Waals surface area (Å²) < 4.78 is 0. The van der Waals surface area contributed by atoms with Crippen LogP contribution in [0, 0.1) is 11.8 Å². The molecule has 1 heterocycles. The molecule has 1 saturated heterocycles. The maximum absolute atomic E-state index is 6.14. The lowest BCUT2D eigenvalue weighted by molar-refractivity contribution is 0.311. The molecule has 1 atom stereocenters. The first-order valence-corrected chi connectivity index (χ1v) is 8.14. The van der Waals surface area contributed by atoms with Crippen LogP contribution in [0.25, 0.3) is 0 Å². The van der Waals surface area contributed by atoms with E-state index in [2.05, 4.69) is 37.8 Å². The molecule has 112 valence electrons. The Morgan fingerprint density at radius 2 is 1.90 bits per heavy atom. The summed E-state index contributed by atoms with van der Waals surface area (Å²) in [5, 5.41) is 0.807. The van der Waals surface area contributed by atoms with Crippen molar-refractivity contribution in [3.63, 3.8) is 0 Å². The third-order valence-electron chi connectivity index (χ3n) is 4.41. The Kier molecular flexibility index (Phi) is 5.34. The predicted molar refractivity (Wildman–Crippen MR) is 88.6 cm³/mol. The molecule has 2 rings (SSSR count). The Labute approximate surface area is 128 Å². The molecule has 20 heavy (non-hydrogen) atoms. The van der Waals surface area contributed by atoms with Gasteiger partial charge in [0.15, 0.2) is 0 Å². The summed E-state index contributed by atoms with van der Waals surface area (Å²) in [4.78, 5) is 2.51. The first-order valence-electron chi connectivity index (χ1n) is 7.76. The highest BCUT2D eigenvalue weighted by molar-refractivity contribution is 6.30. The van der Waals surface area contributed by atoms with Gasteiger partial charge >= 0.3 is 0 Å². The summed E-state index contributed by atoms with van der Waals surface area (Å²) in [6.45, 7) is 9.02. The maximum Gasteiger partial charge on any atom is 0.0410 e. The first-order chi connectivity index (χ1) is 9.47. The van der Waals surface area contributed by atoms with E-state index in [1.807, 2.05) is 6.07 Å². The van der Waals surface area contributed by atoms with Gasteiger partial charge in [-0.15, -0.1) is 0 Å². The van der Waals surface area contributed by atoms with Crippen molar-refractivity contribution >= 4 is 17.3 Å². The van der Waals surface area contributed by atoms with E-state index in [0.29, 0.717) is 0 Å². The molecule has 2 N–H and O–H groups in total. The van der Waals surface area contributed by atoms with Gasteiger partial charge in [0.05, 0.1) is 0 Å². The van der Waals surface area contributed by atoms with Gasteiger partial charge in [-0.25, -0.2) is 0 Å². The Morgan fingerprint density at radius 3 is 2.45 bits per heavy atom. The number of nitrogens with zero attached hydrogens (tertiary/aromatic N) is 1. The van der Waals surface area contributed by atoms with E-state index in [9.17, 15) is 0 Å². The van der Waals surface area contributed by atoms with Crippen LogP contribution in [0.1, 0.15) is 39.2 Å². The second-order valence-corrected chi connectivity index (χ2v) is 6.96. The number of halogens is 1. The van der Waals surface area contributed by atoms with E-state index in [1.54, 1.807) is 0 Å². The van der Waals surface area contributed by atoms with E-state index in [4.69, 9.17) is 17.3 Å². The molecular formula is C17H27ClN2. The smallest absolute Gasteiger partial charge is 0.0410 e. The zero-order valence-corrected chi connectivity index (χ0v) is 13.7. The molecule has 0 aromatic heterocycles. The summed E-state index contributed by atoms with van der Waals surface area (Å²) in [6, 6.07) is 6.40. The van der Waals surface area contributed by atoms with Crippen molar-refractivity contribution in [1.82, 2.24) is 0 Å². The van der Waals surface area contributed by atoms with Crippen LogP contribution >= 0.6 is 11.6 Å². The lowest BCUT2D eigenvalue weighted by Crippen LogP contribution is -2.36. The van der Waals surface area contributed by atoms with Crippen molar-refractivity contribution in [3.05, 3.63) is 28.8 Å². The largest absolute Gasteiger partial charge is 0.371 e. The van der Waals surface area contributed by atoms with Gasteiger partial charge in [-0.1, -0.05) is 25.4 Å². The minimum Gasteiger partial charge on any atom is -0.371 e. The third kappa shape index (κ3) is 3.89. The summed E-state index contributed by atoms with van der Waals surface area (Å²) in [7, 11) is 0. The van der Waals surface area contributed by atoms with Gasteiger partial charge in [0, 0.05) is 29.8 Å². The van der Waals surface area contributed by atoms with Crippen molar-refractivity contribution < 1.29 is 0 Å². The Balaban J connectivity index is 2.13. The summed E-state index contributed by atoms with van der Waals surface area (Å²) >= 11 is 6.14. The van der Waals surface area contributed by atoms with Gasteiger partial charge in [-0.3, -0.25) is 0 Å². The van der Waals surface area contributed by atoms with Crippen LogP contribution in [0.3, 0.4) is 0 Å². The van der Waals surface area contributed by atoms with Gasteiger partial charge in [0.1, 0.15) is 0 Å². The number of hydrogen-bond donors (Lipinski definition) is 1. The number of hydrogen-bond acceptors (Lipinski definition) is 2. The molecule has 2 nitrogen and oxygen atoms in total. The van der Waals surface area contributed by atoms with Gasteiger partial charge < -0.3 is 10.6 Å². The van der Waals surface area contributed by atoms with Crippen LogP contribution in [0.4, 0.5) is 5.69 Å². The van der Waals surface area contributed by atoms with Crippen LogP contribution in [0.2, 0.25) is 5.02 Å². The quantitative estimate of drug-likeness (QED) is 0.906. The van der Waals surface area contributed by atoms with Crippen LogP contribution in [0.5, 0.6) is 0 Å². The number of rotatable bonds is 4. The van der Waals surface area contributed by atoms with E-state index >= 15 is 0 Å². The topological polar surface area (TPSA) is 29.3 Å². The van der Waals surface area contributed by atoms with Crippen molar-refractivity contribution in [2.45, 2.75) is 46.1 Å². The van der Waals surface area contributed by atoms with Gasteiger partial charge in [-0.2, -0.15) is 0 Å². The number of piperidine rings is 1. The lowest BCUT2D eigenvalue weighted by atomic mass is 9.86. The monoisotopic (exact) mass is 294 g/mol. The van der Waals surface area contributed by atoms with Crippen molar-refractivity contribution in [1.29, 1.82) is 0 Å². The van der Waals surface area contributed by atoms with Crippen LogP contribution in [-0.2, 0) is 6.42 Å². The number of anilines is 1. The minimum atomic E-state index is 0.167. The van der Waals surface area contributed by atoms with Crippen LogP contribution < -0.4 is 10.6 Å². The zero-order valence-electron chi connectivity index (χ0n) is 12.9. The van der Waals surface area contributed by atoms with Gasteiger partial charge in [-0.05, 0) is 61.8 Å². The fourth-order valence-electron chi connectivity index (χ4n) is 3.18. The highest BCUT2D eigenvalue weighted by Crippen LogP contribution is 2.31. The molecule has 1 fully saturated rings. The number of benzene rings is 1. The average molecular weight is 295 g/mol. The predicted octanol–water partition coefficient (Wildman–Crippen LogP) is 4.10. The highest BCUT2D eigenvalue weighted by atomic mass is 35.5. The highest BCUT2D eigenvalue weighted by Gasteiger charge is 2.23. The molecule has 0 saturated carbocycles. The molecule has 1 aliphatic rings. The van der Waals surface area contributed by atoms with Gasteiger partial charge in [0.25, 0.3) is 0 Å².